The standard InChI is InChI=1S/2C18H27P.2BrH.Co/c2*1-4-10-16(11-5-1)19(17-12-6-2-7-13-17)18-14-8-3-9-15-18;;;/h2*1,4-5,10-11,17-18H,2-3,6-9,12-15H2;2*1H;/q;;;;+2/p-2. The molecule has 0 unspecified atom stereocenters. The van der Waals surface area contributed by atoms with Crippen LogP contribution in [0, 0.1) is 0 Å². The van der Waals surface area contributed by atoms with Crippen LogP contribution in [0.1, 0.15) is 128 Å². The van der Waals surface area contributed by atoms with E-state index in [0.717, 1.165) is 22.6 Å². The van der Waals surface area contributed by atoms with Crippen molar-refractivity contribution in [2.45, 2.75) is 151 Å². The second kappa shape index (κ2) is 21.5. The maximum atomic E-state index is 2.43. The van der Waals surface area contributed by atoms with Gasteiger partial charge >= 0.3 is 16.8 Å². The monoisotopic (exact) mass is 765 g/mol. The second-order valence-electron chi connectivity index (χ2n) is 12.7. The molecule has 0 N–H and O–H groups in total. The van der Waals surface area contributed by atoms with Gasteiger partial charge in [0, 0.05) is 0 Å². The molecule has 0 aromatic heterocycles. The third kappa shape index (κ3) is 11.6. The Kier molecular flexibility index (Phi) is 19.9. The number of halogens is 2. The van der Waals surface area contributed by atoms with Crippen LogP contribution in [0.15, 0.2) is 60.7 Å². The summed E-state index contributed by atoms with van der Waals surface area (Å²) in [6.45, 7) is 0. The Morgan fingerprint density at radius 3 is 0.780 bits per heavy atom. The largest absolute Gasteiger partial charge is 2.00 e. The number of hydrogen-bond donors (Lipinski definition) is 0. The first-order chi connectivity index (χ1) is 18.9. The van der Waals surface area contributed by atoms with Crippen LogP contribution in [0.25, 0.3) is 0 Å². The second-order valence-corrected chi connectivity index (χ2v) is 18.2. The van der Waals surface area contributed by atoms with Gasteiger partial charge in [-0.25, -0.2) is 0 Å². The topological polar surface area (TPSA) is 0 Å². The Labute approximate surface area is 287 Å². The fourth-order valence-electron chi connectivity index (χ4n) is 8.08. The van der Waals surface area contributed by atoms with Gasteiger partial charge in [-0.3, -0.25) is 0 Å². The fraction of sp³-hybridized carbons (Fsp3) is 0.667. The zero-order chi connectivity index (χ0) is 25.8. The van der Waals surface area contributed by atoms with E-state index in [-0.39, 0.29) is 66.6 Å². The van der Waals surface area contributed by atoms with Crippen molar-refractivity contribution in [1.82, 2.24) is 0 Å². The summed E-state index contributed by atoms with van der Waals surface area (Å²) in [5, 5.41) is 3.41. The molecule has 5 heteroatoms. The Morgan fingerprint density at radius 1 is 0.341 bits per heavy atom. The third-order valence-corrected chi connectivity index (χ3v) is 17.0. The van der Waals surface area contributed by atoms with Crippen molar-refractivity contribution >= 4 is 26.5 Å². The van der Waals surface area contributed by atoms with Crippen LogP contribution < -0.4 is 44.6 Å². The molecule has 4 aliphatic rings. The predicted octanol–water partition coefficient (Wildman–Crippen LogP) is 4.92. The molecular weight excluding hydrogens is 713 g/mol. The molecule has 1 radical (unpaired) electrons. The molecule has 4 fully saturated rings. The molecule has 0 spiro atoms. The van der Waals surface area contributed by atoms with E-state index in [1.54, 1.807) is 10.6 Å². The SMILES string of the molecule is [Br-].[Br-].[Co+2].c1ccc(P(C2CCCCC2)C2CCCCC2)cc1.c1ccc(P(C2CCCCC2)C2CCCCC2)cc1. The van der Waals surface area contributed by atoms with E-state index in [4.69, 9.17) is 0 Å². The molecule has 2 aromatic carbocycles. The van der Waals surface area contributed by atoms with E-state index in [1.807, 2.05) is 0 Å². The molecule has 4 aliphatic carbocycles. The maximum Gasteiger partial charge on any atom is 2.00 e. The molecule has 0 atom stereocenters. The van der Waals surface area contributed by atoms with E-state index in [9.17, 15) is 0 Å². The van der Waals surface area contributed by atoms with E-state index in [2.05, 4.69) is 60.7 Å². The minimum absolute atomic E-state index is 0. The summed E-state index contributed by atoms with van der Waals surface area (Å²) in [4.78, 5) is 0. The quantitative estimate of drug-likeness (QED) is 0.367. The van der Waals surface area contributed by atoms with Gasteiger partial charge in [0.2, 0.25) is 0 Å². The molecule has 0 nitrogen and oxygen atoms in total. The molecule has 0 bridgehead atoms. The average Bonchev–Trinajstić information content (AvgIpc) is 3.01. The van der Waals surface area contributed by atoms with Gasteiger partial charge in [-0.1, -0.05) is 154 Å². The number of hydrogen-bond acceptors (Lipinski definition) is 0. The van der Waals surface area contributed by atoms with E-state index >= 15 is 0 Å². The normalized spacial score (nSPS) is 21.1. The summed E-state index contributed by atoms with van der Waals surface area (Å²) >= 11 is 0. The van der Waals surface area contributed by atoms with Crippen molar-refractivity contribution in [3.05, 3.63) is 60.7 Å². The molecule has 231 valence electrons. The minimum atomic E-state index is 0. The molecule has 0 amide bonds. The van der Waals surface area contributed by atoms with Crippen LogP contribution in [-0.4, -0.2) is 22.6 Å². The molecule has 0 heterocycles. The molecule has 2 aromatic rings. The first kappa shape index (κ1) is 38.0. The first-order valence-corrected chi connectivity index (χ1v) is 19.5. The third-order valence-electron chi connectivity index (χ3n) is 9.98. The average molecular weight is 768 g/mol. The van der Waals surface area contributed by atoms with Crippen LogP contribution in [0.2, 0.25) is 0 Å². The van der Waals surface area contributed by atoms with Gasteiger partial charge in [-0.05, 0) is 84.6 Å². The number of benzene rings is 2. The van der Waals surface area contributed by atoms with Crippen LogP contribution in [0.4, 0.5) is 0 Å². The molecule has 0 aliphatic heterocycles. The van der Waals surface area contributed by atoms with Crippen LogP contribution in [0.3, 0.4) is 0 Å². The molecule has 0 saturated heterocycles. The van der Waals surface area contributed by atoms with Gasteiger partial charge in [0.25, 0.3) is 0 Å². The summed E-state index contributed by atoms with van der Waals surface area (Å²) < 4.78 is 0. The molecule has 6 rings (SSSR count). The summed E-state index contributed by atoms with van der Waals surface area (Å²) in [5.41, 5.74) is 4.15. The Bertz CT molecular complexity index is 779. The molecular formula is C36H54Br2CoP2. The van der Waals surface area contributed by atoms with Crippen molar-refractivity contribution in [2.24, 2.45) is 0 Å². The van der Waals surface area contributed by atoms with Gasteiger partial charge in [0.1, 0.15) is 0 Å². The zero-order valence-corrected chi connectivity index (χ0v) is 31.2. The minimum Gasteiger partial charge on any atom is -1.00 e. The Balaban J connectivity index is 0.000000267. The van der Waals surface area contributed by atoms with Gasteiger partial charge in [-0.15, -0.1) is 0 Å². The Hall–Kier alpha value is 0.766. The van der Waals surface area contributed by atoms with E-state index in [0.29, 0.717) is 0 Å². The van der Waals surface area contributed by atoms with Gasteiger partial charge in [-0.2, -0.15) is 0 Å². The van der Waals surface area contributed by atoms with Crippen molar-refractivity contribution in [3.63, 3.8) is 0 Å². The Morgan fingerprint density at radius 2 is 0.561 bits per heavy atom. The van der Waals surface area contributed by atoms with E-state index in [1.165, 1.54) is 128 Å². The van der Waals surface area contributed by atoms with Gasteiger partial charge < -0.3 is 34.0 Å². The maximum absolute atomic E-state index is 2.43. The van der Waals surface area contributed by atoms with E-state index < -0.39 is 0 Å². The van der Waals surface area contributed by atoms with Gasteiger partial charge in [0.05, 0.1) is 0 Å². The van der Waals surface area contributed by atoms with Crippen LogP contribution in [-0.2, 0) is 16.8 Å². The summed E-state index contributed by atoms with van der Waals surface area (Å²) in [7, 11) is 0.216. The summed E-state index contributed by atoms with van der Waals surface area (Å²) in [6.07, 6.45) is 29.9. The fourth-order valence-corrected chi connectivity index (χ4v) is 15.7. The van der Waals surface area contributed by atoms with Crippen molar-refractivity contribution in [3.8, 4) is 0 Å². The summed E-state index contributed by atoms with van der Waals surface area (Å²) in [6, 6.07) is 23.1. The smallest absolute Gasteiger partial charge is 1.00 e. The van der Waals surface area contributed by atoms with Gasteiger partial charge in [0.15, 0.2) is 0 Å². The first-order valence-electron chi connectivity index (χ1n) is 16.6. The summed E-state index contributed by atoms with van der Waals surface area (Å²) in [5.74, 6) is 0. The van der Waals surface area contributed by atoms with Crippen molar-refractivity contribution < 1.29 is 50.7 Å². The van der Waals surface area contributed by atoms with Crippen LogP contribution >= 0.6 is 15.8 Å². The zero-order valence-electron chi connectivity index (χ0n) is 25.2. The van der Waals surface area contributed by atoms with Crippen molar-refractivity contribution in [1.29, 1.82) is 0 Å². The number of rotatable bonds is 6. The molecule has 4 saturated carbocycles. The predicted molar refractivity (Wildman–Crippen MR) is 173 cm³/mol. The van der Waals surface area contributed by atoms with Crippen molar-refractivity contribution in [2.75, 3.05) is 0 Å². The van der Waals surface area contributed by atoms with Crippen LogP contribution in [0.5, 0.6) is 0 Å². The molecule has 41 heavy (non-hydrogen) atoms.